The van der Waals surface area contributed by atoms with E-state index in [4.69, 9.17) is 10.7 Å². The highest BCUT2D eigenvalue weighted by molar-refractivity contribution is 8.13. The van der Waals surface area contributed by atoms with Gasteiger partial charge in [-0.15, -0.1) is 0 Å². The van der Waals surface area contributed by atoms with Crippen molar-refractivity contribution in [2.75, 3.05) is 5.75 Å². The number of nitrogens with one attached hydrogen (secondary N) is 1. The molecule has 0 amide bonds. The molecule has 20 heavy (non-hydrogen) atoms. The second-order valence-corrected chi connectivity index (χ2v) is 9.39. The van der Waals surface area contributed by atoms with Crippen LogP contribution in [0.15, 0.2) is 29.2 Å². The second-order valence-electron chi connectivity index (χ2n) is 5.02. The predicted octanol–water partition coefficient (Wildman–Crippen LogP) is 2.25. The SMILES string of the molecule is CC(C)CS(=O)(=O)NC(C)c1ccc(S(=O)(=O)Cl)cc1. The first kappa shape index (κ1) is 17.4. The molecule has 0 bridgehead atoms. The minimum absolute atomic E-state index is 0.0137. The van der Waals surface area contributed by atoms with Crippen LogP contribution >= 0.6 is 10.7 Å². The maximum absolute atomic E-state index is 11.8. The Labute approximate surface area is 124 Å². The lowest BCUT2D eigenvalue weighted by molar-refractivity contribution is 0.554. The predicted molar refractivity (Wildman–Crippen MR) is 79.7 cm³/mol. The van der Waals surface area contributed by atoms with E-state index in [2.05, 4.69) is 4.72 Å². The van der Waals surface area contributed by atoms with Crippen LogP contribution in [0.25, 0.3) is 0 Å². The summed E-state index contributed by atoms with van der Waals surface area (Å²) < 4.78 is 48.4. The molecule has 0 saturated carbocycles. The molecule has 1 N–H and O–H groups in total. The topological polar surface area (TPSA) is 80.3 Å². The van der Waals surface area contributed by atoms with Gasteiger partial charge in [0.15, 0.2) is 0 Å². The number of hydrogen-bond donors (Lipinski definition) is 1. The van der Waals surface area contributed by atoms with E-state index in [0.717, 1.165) is 0 Å². The molecule has 5 nitrogen and oxygen atoms in total. The molecule has 1 aromatic rings. The molecule has 114 valence electrons. The summed E-state index contributed by atoms with van der Waals surface area (Å²) in [7, 11) is -1.91. The molecule has 0 aliphatic heterocycles. The van der Waals surface area contributed by atoms with Gasteiger partial charge in [-0.2, -0.15) is 0 Å². The van der Waals surface area contributed by atoms with Crippen molar-refractivity contribution >= 4 is 29.8 Å². The van der Waals surface area contributed by atoms with Crippen LogP contribution in [0.4, 0.5) is 0 Å². The Morgan fingerprint density at radius 1 is 1.05 bits per heavy atom. The summed E-state index contributed by atoms with van der Waals surface area (Å²) >= 11 is 0. The average Bonchev–Trinajstić information content (AvgIpc) is 2.25. The van der Waals surface area contributed by atoms with Crippen molar-refractivity contribution in [1.29, 1.82) is 0 Å². The summed E-state index contributed by atoms with van der Waals surface area (Å²) in [5.74, 6) is 0.0781. The molecule has 8 heteroatoms. The van der Waals surface area contributed by atoms with Gasteiger partial charge >= 0.3 is 0 Å². The monoisotopic (exact) mass is 339 g/mol. The summed E-state index contributed by atoms with van der Waals surface area (Å²) in [6.07, 6.45) is 0. The van der Waals surface area contributed by atoms with E-state index in [-0.39, 0.29) is 16.6 Å². The zero-order valence-electron chi connectivity index (χ0n) is 11.5. The highest BCUT2D eigenvalue weighted by Crippen LogP contribution is 2.19. The van der Waals surface area contributed by atoms with E-state index in [9.17, 15) is 16.8 Å². The Morgan fingerprint density at radius 2 is 1.55 bits per heavy atom. The van der Waals surface area contributed by atoms with E-state index in [0.29, 0.717) is 5.56 Å². The fourth-order valence-electron chi connectivity index (χ4n) is 1.74. The van der Waals surface area contributed by atoms with Crippen molar-refractivity contribution < 1.29 is 16.8 Å². The minimum atomic E-state index is -3.76. The number of hydrogen-bond acceptors (Lipinski definition) is 4. The van der Waals surface area contributed by atoms with Gasteiger partial charge in [0.25, 0.3) is 9.05 Å². The number of benzene rings is 1. The van der Waals surface area contributed by atoms with Gasteiger partial charge in [0, 0.05) is 16.7 Å². The van der Waals surface area contributed by atoms with Gasteiger partial charge < -0.3 is 0 Å². The van der Waals surface area contributed by atoms with Crippen molar-refractivity contribution in [2.45, 2.75) is 31.7 Å². The van der Waals surface area contributed by atoms with Crippen LogP contribution in [0.5, 0.6) is 0 Å². The van der Waals surface area contributed by atoms with Gasteiger partial charge in [-0.25, -0.2) is 21.6 Å². The Bertz CT molecular complexity index is 651. The van der Waals surface area contributed by atoms with E-state index < -0.39 is 25.1 Å². The van der Waals surface area contributed by atoms with Crippen LogP contribution < -0.4 is 4.72 Å². The number of halogens is 1. The lowest BCUT2D eigenvalue weighted by Gasteiger charge is -2.16. The van der Waals surface area contributed by atoms with Crippen LogP contribution in [0.1, 0.15) is 32.4 Å². The third kappa shape index (κ3) is 5.40. The quantitative estimate of drug-likeness (QED) is 0.806. The van der Waals surface area contributed by atoms with E-state index >= 15 is 0 Å². The maximum atomic E-state index is 11.8. The summed E-state index contributed by atoms with van der Waals surface area (Å²) in [5, 5.41) is 0. The van der Waals surface area contributed by atoms with Crippen LogP contribution in [0.2, 0.25) is 0 Å². The summed E-state index contributed by atoms with van der Waals surface area (Å²) in [6, 6.07) is 5.34. The van der Waals surface area contributed by atoms with Crippen molar-refractivity contribution in [3.8, 4) is 0 Å². The summed E-state index contributed by atoms with van der Waals surface area (Å²) in [6.45, 7) is 5.34. The van der Waals surface area contributed by atoms with Crippen LogP contribution in [-0.2, 0) is 19.1 Å². The second kappa shape index (κ2) is 6.43. The number of sulfonamides is 1. The van der Waals surface area contributed by atoms with Crippen molar-refractivity contribution in [2.24, 2.45) is 5.92 Å². The lowest BCUT2D eigenvalue weighted by atomic mass is 10.1. The molecule has 0 aliphatic rings. The lowest BCUT2D eigenvalue weighted by Crippen LogP contribution is -2.30. The van der Waals surface area contributed by atoms with Gasteiger partial charge in [0.2, 0.25) is 10.0 Å². The average molecular weight is 340 g/mol. The fraction of sp³-hybridized carbons (Fsp3) is 0.500. The van der Waals surface area contributed by atoms with E-state index in [1.165, 1.54) is 24.3 Å². The first-order valence-corrected chi connectivity index (χ1v) is 10.0. The van der Waals surface area contributed by atoms with Gasteiger partial charge in [0.1, 0.15) is 0 Å². The van der Waals surface area contributed by atoms with Crippen molar-refractivity contribution in [3.05, 3.63) is 29.8 Å². The third-order valence-electron chi connectivity index (χ3n) is 2.57. The van der Waals surface area contributed by atoms with Crippen LogP contribution in [0.3, 0.4) is 0 Å². The third-order valence-corrected chi connectivity index (χ3v) is 5.76. The molecule has 0 fully saturated rings. The van der Waals surface area contributed by atoms with Crippen LogP contribution in [-0.4, -0.2) is 22.6 Å². The Kier molecular flexibility index (Phi) is 5.60. The standard InChI is InChI=1S/C12H18ClNO4S2/c1-9(2)8-19(15,16)14-10(3)11-4-6-12(7-5-11)20(13,17)18/h4-7,9-10,14H,8H2,1-3H3. The molecule has 1 aromatic carbocycles. The molecular formula is C12H18ClNO4S2. The number of rotatable bonds is 6. The molecule has 0 radical (unpaired) electrons. The highest BCUT2D eigenvalue weighted by atomic mass is 35.7. The smallest absolute Gasteiger partial charge is 0.212 e. The molecule has 0 spiro atoms. The van der Waals surface area contributed by atoms with Crippen LogP contribution in [0, 0.1) is 5.92 Å². The molecule has 0 saturated heterocycles. The molecule has 0 aliphatic carbocycles. The Hall–Kier alpha value is -0.630. The van der Waals surface area contributed by atoms with Gasteiger partial charge in [-0.3, -0.25) is 0 Å². The fourth-order valence-corrected chi connectivity index (χ4v) is 4.16. The van der Waals surface area contributed by atoms with Gasteiger partial charge in [-0.1, -0.05) is 26.0 Å². The first-order chi connectivity index (χ1) is 9.01. The largest absolute Gasteiger partial charge is 0.261 e. The summed E-state index contributed by atoms with van der Waals surface area (Å²) in [5.41, 5.74) is 0.668. The van der Waals surface area contributed by atoms with Crippen molar-refractivity contribution in [3.63, 3.8) is 0 Å². The normalized spacial score (nSPS) is 14.4. The van der Waals surface area contributed by atoms with Crippen molar-refractivity contribution in [1.82, 2.24) is 4.72 Å². The highest BCUT2D eigenvalue weighted by Gasteiger charge is 2.18. The Balaban J connectivity index is 2.86. The zero-order chi connectivity index (χ0) is 15.6. The van der Waals surface area contributed by atoms with E-state index in [1.54, 1.807) is 6.92 Å². The zero-order valence-corrected chi connectivity index (χ0v) is 13.9. The van der Waals surface area contributed by atoms with Gasteiger partial charge in [0.05, 0.1) is 10.6 Å². The maximum Gasteiger partial charge on any atom is 0.261 e. The molecular weight excluding hydrogens is 322 g/mol. The first-order valence-electron chi connectivity index (χ1n) is 6.06. The molecule has 1 atom stereocenters. The molecule has 1 unspecified atom stereocenters. The molecule has 0 aromatic heterocycles. The Morgan fingerprint density at radius 3 is 1.95 bits per heavy atom. The minimum Gasteiger partial charge on any atom is -0.212 e. The van der Waals surface area contributed by atoms with Gasteiger partial charge in [-0.05, 0) is 30.5 Å². The molecule has 0 heterocycles. The molecule has 1 rings (SSSR count). The summed E-state index contributed by atoms with van der Waals surface area (Å²) in [4.78, 5) is -0.0137. The van der Waals surface area contributed by atoms with E-state index in [1.807, 2.05) is 13.8 Å².